The fourth-order valence-electron chi connectivity index (χ4n) is 2.13. The van der Waals surface area contributed by atoms with Gasteiger partial charge in [-0.25, -0.2) is 9.78 Å². The minimum absolute atomic E-state index is 0.107. The molecule has 0 saturated heterocycles. The lowest BCUT2D eigenvalue weighted by Crippen LogP contribution is -2.14. The number of aromatic nitrogens is 1. The summed E-state index contributed by atoms with van der Waals surface area (Å²) in [7, 11) is 0. The number of nitrogen functional groups attached to an aromatic ring is 1. The van der Waals surface area contributed by atoms with Gasteiger partial charge in [-0.15, -0.1) is 0 Å². The van der Waals surface area contributed by atoms with Crippen LogP contribution < -0.4 is 16.4 Å². The van der Waals surface area contributed by atoms with Crippen LogP contribution in [0.4, 0.5) is 27.7 Å². The number of hydrogen-bond donors (Lipinski definition) is 3. The summed E-state index contributed by atoms with van der Waals surface area (Å²) in [5.41, 5.74) is 9.18. The van der Waals surface area contributed by atoms with Gasteiger partial charge >= 0.3 is 6.09 Å². The van der Waals surface area contributed by atoms with E-state index in [4.69, 9.17) is 10.5 Å². The van der Waals surface area contributed by atoms with Crippen molar-refractivity contribution in [3.63, 3.8) is 0 Å². The molecular formula is C18H24N4O2. The van der Waals surface area contributed by atoms with Crippen LogP contribution in [0.15, 0.2) is 36.5 Å². The number of nitrogens with two attached hydrogens (primary N) is 1. The van der Waals surface area contributed by atoms with Crippen LogP contribution in [0, 0.1) is 0 Å². The van der Waals surface area contributed by atoms with Crippen molar-refractivity contribution in [2.75, 3.05) is 23.0 Å². The second-order valence-electron chi connectivity index (χ2n) is 6.46. The second-order valence-corrected chi connectivity index (χ2v) is 6.46. The molecule has 0 fully saturated rings. The maximum absolute atomic E-state index is 11.4. The molecule has 1 amide bonds. The monoisotopic (exact) mass is 328 g/mol. The van der Waals surface area contributed by atoms with Crippen LogP contribution in [0.2, 0.25) is 0 Å². The van der Waals surface area contributed by atoms with E-state index in [1.807, 2.05) is 12.1 Å². The van der Waals surface area contributed by atoms with Gasteiger partial charge in [-0.3, -0.25) is 5.32 Å². The van der Waals surface area contributed by atoms with Crippen molar-refractivity contribution >= 4 is 29.0 Å². The zero-order valence-corrected chi connectivity index (χ0v) is 14.5. The SMILES string of the molecule is CCOC(=O)Nc1cnc(Nc2ccc(C(C)(C)C)cc2)c(N)c1. The smallest absolute Gasteiger partial charge is 0.411 e. The predicted octanol–water partition coefficient (Wildman–Crippen LogP) is 4.27. The minimum Gasteiger partial charge on any atom is -0.450 e. The number of ether oxygens (including phenoxy) is 1. The molecule has 0 aliphatic heterocycles. The normalized spacial score (nSPS) is 11.0. The number of pyridine rings is 1. The average molecular weight is 328 g/mol. The lowest BCUT2D eigenvalue weighted by molar-refractivity contribution is 0.168. The Labute approximate surface area is 142 Å². The Hall–Kier alpha value is -2.76. The number of anilines is 4. The summed E-state index contributed by atoms with van der Waals surface area (Å²) in [5.74, 6) is 0.535. The molecule has 4 N–H and O–H groups in total. The standard InChI is InChI=1S/C18H24N4O2/c1-5-24-17(23)22-14-10-15(19)16(20-11-14)21-13-8-6-12(7-9-13)18(2,3)4/h6-11H,5,19H2,1-4H3,(H,20,21)(H,22,23). The van der Waals surface area contributed by atoms with E-state index in [0.717, 1.165) is 5.69 Å². The van der Waals surface area contributed by atoms with Gasteiger partial charge in [0.05, 0.1) is 24.2 Å². The summed E-state index contributed by atoms with van der Waals surface area (Å²) in [5, 5.41) is 5.74. The molecule has 0 bridgehead atoms. The van der Waals surface area contributed by atoms with E-state index in [1.54, 1.807) is 13.0 Å². The number of benzene rings is 1. The molecule has 0 atom stereocenters. The summed E-state index contributed by atoms with van der Waals surface area (Å²) in [6.07, 6.45) is 0.997. The van der Waals surface area contributed by atoms with Crippen molar-refractivity contribution < 1.29 is 9.53 Å². The van der Waals surface area contributed by atoms with Gasteiger partial charge in [0, 0.05) is 5.69 Å². The van der Waals surface area contributed by atoms with Gasteiger partial charge in [-0.05, 0) is 36.1 Å². The Morgan fingerprint density at radius 1 is 1.21 bits per heavy atom. The van der Waals surface area contributed by atoms with E-state index in [9.17, 15) is 4.79 Å². The highest BCUT2D eigenvalue weighted by molar-refractivity contribution is 5.86. The summed E-state index contributed by atoms with van der Waals surface area (Å²) in [6.45, 7) is 8.56. The van der Waals surface area contributed by atoms with Crippen molar-refractivity contribution in [2.45, 2.75) is 33.1 Å². The molecule has 2 rings (SSSR count). The molecule has 0 aliphatic rings. The van der Waals surface area contributed by atoms with Gasteiger partial charge in [0.15, 0.2) is 5.82 Å². The lowest BCUT2D eigenvalue weighted by atomic mass is 9.87. The highest BCUT2D eigenvalue weighted by Gasteiger charge is 2.13. The molecule has 0 aliphatic carbocycles. The summed E-state index contributed by atoms with van der Waals surface area (Å²) >= 11 is 0. The summed E-state index contributed by atoms with van der Waals surface area (Å²) in [4.78, 5) is 15.6. The highest BCUT2D eigenvalue weighted by Crippen LogP contribution is 2.27. The zero-order chi connectivity index (χ0) is 17.7. The van der Waals surface area contributed by atoms with E-state index < -0.39 is 6.09 Å². The van der Waals surface area contributed by atoms with Gasteiger partial charge in [0.1, 0.15) is 0 Å². The number of carbonyl (C=O) groups is 1. The fourth-order valence-corrected chi connectivity index (χ4v) is 2.13. The van der Waals surface area contributed by atoms with Crippen molar-refractivity contribution in [1.82, 2.24) is 4.98 Å². The van der Waals surface area contributed by atoms with E-state index in [1.165, 1.54) is 11.8 Å². The van der Waals surface area contributed by atoms with Crippen LogP contribution in [0.3, 0.4) is 0 Å². The van der Waals surface area contributed by atoms with E-state index >= 15 is 0 Å². The third kappa shape index (κ3) is 4.62. The first kappa shape index (κ1) is 17.6. The maximum atomic E-state index is 11.4. The number of carbonyl (C=O) groups excluding carboxylic acids is 1. The molecule has 6 heteroatoms. The molecule has 1 aromatic heterocycles. The maximum Gasteiger partial charge on any atom is 0.411 e. The Morgan fingerprint density at radius 3 is 2.42 bits per heavy atom. The van der Waals surface area contributed by atoms with E-state index in [2.05, 4.69) is 48.5 Å². The lowest BCUT2D eigenvalue weighted by Gasteiger charge is -2.19. The molecule has 0 saturated carbocycles. The first-order valence-corrected chi connectivity index (χ1v) is 7.86. The summed E-state index contributed by atoms with van der Waals surface area (Å²) < 4.78 is 4.82. The topological polar surface area (TPSA) is 89.3 Å². The Balaban J connectivity index is 2.09. The van der Waals surface area contributed by atoms with Gasteiger partial charge < -0.3 is 15.8 Å². The minimum atomic E-state index is -0.530. The number of amides is 1. The first-order chi connectivity index (χ1) is 11.3. The van der Waals surface area contributed by atoms with Crippen LogP contribution in [0.25, 0.3) is 0 Å². The molecule has 0 radical (unpaired) electrons. The Morgan fingerprint density at radius 2 is 1.88 bits per heavy atom. The summed E-state index contributed by atoms with van der Waals surface area (Å²) in [6, 6.07) is 9.78. The largest absolute Gasteiger partial charge is 0.450 e. The molecule has 0 spiro atoms. The molecule has 24 heavy (non-hydrogen) atoms. The second kappa shape index (κ2) is 7.21. The molecule has 6 nitrogen and oxygen atoms in total. The van der Waals surface area contributed by atoms with Crippen molar-refractivity contribution in [1.29, 1.82) is 0 Å². The van der Waals surface area contributed by atoms with Gasteiger partial charge in [-0.2, -0.15) is 0 Å². The van der Waals surface area contributed by atoms with Gasteiger partial charge in [0.25, 0.3) is 0 Å². The van der Waals surface area contributed by atoms with Crippen LogP contribution in [-0.2, 0) is 10.2 Å². The van der Waals surface area contributed by atoms with E-state index in [0.29, 0.717) is 23.8 Å². The number of nitrogens with zero attached hydrogens (tertiary/aromatic N) is 1. The highest BCUT2D eigenvalue weighted by atomic mass is 16.5. The molecule has 1 aromatic carbocycles. The number of rotatable bonds is 4. The van der Waals surface area contributed by atoms with Gasteiger partial charge in [-0.1, -0.05) is 32.9 Å². The molecular weight excluding hydrogens is 304 g/mol. The molecule has 1 heterocycles. The van der Waals surface area contributed by atoms with Gasteiger partial charge in [0.2, 0.25) is 0 Å². The fraction of sp³-hybridized carbons (Fsp3) is 0.333. The molecule has 0 unspecified atom stereocenters. The quantitative estimate of drug-likeness (QED) is 0.779. The van der Waals surface area contributed by atoms with Crippen LogP contribution in [0.5, 0.6) is 0 Å². The first-order valence-electron chi connectivity index (χ1n) is 7.86. The van der Waals surface area contributed by atoms with Crippen LogP contribution in [-0.4, -0.2) is 17.7 Å². The van der Waals surface area contributed by atoms with Crippen molar-refractivity contribution in [3.05, 3.63) is 42.1 Å². The Kier molecular flexibility index (Phi) is 5.28. The zero-order valence-electron chi connectivity index (χ0n) is 14.5. The third-order valence-corrected chi connectivity index (χ3v) is 3.45. The van der Waals surface area contributed by atoms with Crippen molar-refractivity contribution in [2.24, 2.45) is 0 Å². The molecule has 128 valence electrons. The molecule has 2 aromatic rings. The number of hydrogen-bond acceptors (Lipinski definition) is 5. The average Bonchev–Trinajstić information content (AvgIpc) is 2.50. The Bertz CT molecular complexity index is 706. The number of nitrogens with one attached hydrogen (secondary N) is 2. The third-order valence-electron chi connectivity index (χ3n) is 3.45. The predicted molar refractivity (Wildman–Crippen MR) is 97.7 cm³/mol. The van der Waals surface area contributed by atoms with Crippen LogP contribution >= 0.6 is 0 Å². The van der Waals surface area contributed by atoms with Crippen molar-refractivity contribution in [3.8, 4) is 0 Å². The van der Waals surface area contributed by atoms with Crippen LogP contribution in [0.1, 0.15) is 33.3 Å². The van der Waals surface area contributed by atoms with E-state index in [-0.39, 0.29) is 5.41 Å².